The zero-order valence-corrected chi connectivity index (χ0v) is 7.53. The zero-order chi connectivity index (χ0) is 9.68. The molecule has 1 aromatic rings. The van der Waals surface area contributed by atoms with Crippen molar-refractivity contribution in [2.24, 2.45) is 5.73 Å². The number of carbonyl (C=O) groups is 1. The summed E-state index contributed by atoms with van der Waals surface area (Å²) in [4.78, 5) is 15.1. The summed E-state index contributed by atoms with van der Waals surface area (Å²) in [5, 5.41) is 2.67. The number of hydrogen-bond acceptors (Lipinski definition) is 3. The summed E-state index contributed by atoms with van der Waals surface area (Å²) >= 11 is 0. The standard InChI is InChI=1S/C9H13N3O/c1-7(10)9(13)12-6-8-4-2-3-5-11-8/h2-5,7H,6,10H2,1H3,(H,12,13). The first-order chi connectivity index (χ1) is 6.20. The van der Waals surface area contributed by atoms with Gasteiger partial charge in [0.2, 0.25) is 5.91 Å². The molecule has 1 atom stereocenters. The van der Waals surface area contributed by atoms with Crippen LogP contribution in [0.25, 0.3) is 0 Å². The number of carbonyl (C=O) groups excluding carboxylic acids is 1. The van der Waals surface area contributed by atoms with Crippen LogP contribution >= 0.6 is 0 Å². The van der Waals surface area contributed by atoms with Crippen LogP contribution in [-0.2, 0) is 11.3 Å². The van der Waals surface area contributed by atoms with Gasteiger partial charge in [-0.1, -0.05) is 6.07 Å². The Hall–Kier alpha value is -1.42. The van der Waals surface area contributed by atoms with Crippen molar-refractivity contribution in [2.75, 3.05) is 0 Å². The van der Waals surface area contributed by atoms with Crippen molar-refractivity contribution < 1.29 is 4.79 Å². The van der Waals surface area contributed by atoms with Crippen LogP contribution in [0.5, 0.6) is 0 Å². The first kappa shape index (κ1) is 9.67. The van der Waals surface area contributed by atoms with Gasteiger partial charge in [-0.15, -0.1) is 0 Å². The van der Waals surface area contributed by atoms with Crippen LogP contribution in [0, 0.1) is 0 Å². The molecule has 0 aliphatic heterocycles. The van der Waals surface area contributed by atoms with Crippen LogP contribution in [0.15, 0.2) is 24.4 Å². The first-order valence-electron chi connectivity index (χ1n) is 4.13. The fraction of sp³-hybridized carbons (Fsp3) is 0.333. The normalized spacial score (nSPS) is 12.2. The van der Waals surface area contributed by atoms with E-state index < -0.39 is 6.04 Å². The Labute approximate surface area is 77.2 Å². The largest absolute Gasteiger partial charge is 0.349 e. The maximum Gasteiger partial charge on any atom is 0.236 e. The van der Waals surface area contributed by atoms with Gasteiger partial charge < -0.3 is 11.1 Å². The van der Waals surface area contributed by atoms with Gasteiger partial charge in [0, 0.05) is 6.20 Å². The third-order valence-electron chi connectivity index (χ3n) is 1.58. The average Bonchev–Trinajstić information content (AvgIpc) is 2.15. The maximum atomic E-state index is 11.1. The minimum Gasteiger partial charge on any atom is -0.349 e. The van der Waals surface area contributed by atoms with Gasteiger partial charge in [0.1, 0.15) is 0 Å². The molecule has 0 bridgehead atoms. The number of amides is 1. The number of nitrogens with zero attached hydrogens (tertiary/aromatic N) is 1. The highest BCUT2D eigenvalue weighted by molar-refractivity contribution is 5.80. The van der Waals surface area contributed by atoms with Crippen LogP contribution in [0.3, 0.4) is 0 Å². The predicted molar refractivity (Wildman–Crippen MR) is 49.7 cm³/mol. The Balaban J connectivity index is 2.40. The van der Waals surface area contributed by atoms with Crippen molar-refractivity contribution in [3.05, 3.63) is 30.1 Å². The number of hydrogen-bond donors (Lipinski definition) is 2. The Morgan fingerprint density at radius 1 is 1.69 bits per heavy atom. The van der Waals surface area contributed by atoms with Gasteiger partial charge in [0.25, 0.3) is 0 Å². The van der Waals surface area contributed by atoms with Crippen molar-refractivity contribution in [1.82, 2.24) is 10.3 Å². The molecule has 0 aliphatic carbocycles. The van der Waals surface area contributed by atoms with E-state index >= 15 is 0 Å². The zero-order valence-electron chi connectivity index (χ0n) is 7.53. The molecule has 4 nitrogen and oxygen atoms in total. The Bertz CT molecular complexity index is 271. The van der Waals surface area contributed by atoms with Crippen LogP contribution in [0.2, 0.25) is 0 Å². The van der Waals surface area contributed by atoms with E-state index in [1.165, 1.54) is 0 Å². The molecule has 3 N–H and O–H groups in total. The molecule has 0 spiro atoms. The molecule has 0 aliphatic rings. The predicted octanol–water partition coefficient (Wildman–Crippen LogP) is 0.0450. The molecular formula is C9H13N3O. The van der Waals surface area contributed by atoms with Crippen LogP contribution < -0.4 is 11.1 Å². The van der Waals surface area contributed by atoms with Crippen molar-refractivity contribution in [2.45, 2.75) is 19.5 Å². The summed E-state index contributed by atoms with van der Waals surface area (Å²) in [5.74, 6) is -0.161. The lowest BCUT2D eigenvalue weighted by molar-refractivity contribution is -0.122. The van der Waals surface area contributed by atoms with E-state index in [9.17, 15) is 4.79 Å². The lowest BCUT2D eigenvalue weighted by Gasteiger charge is -2.06. The monoisotopic (exact) mass is 179 g/mol. The van der Waals surface area contributed by atoms with E-state index in [2.05, 4.69) is 10.3 Å². The first-order valence-corrected chi connectivity index (χ1v) is 4.13. The molecule has 0 fully saturated rings. The highest BCUT2D eigenvalue weighted by atomic mass is 16.2. The van der Waals surface area contributed by atoms with Gasteiger partial charge >= 0.3 is 0 Å². The van der Waals surface area contributed by atoms with E-state index in [1.54, 1.807) is 13.1 Å². The fourth-order valence-electron chi connectivity index (χ4n) is 0.841. The van der Waals surface area contributed by atoms with Crippen molar-refractivity contribution in [3.63, 3.8) is 0 Å². The topological polar surface area (TPSA) is 68.0 Å². The molecule has 1 rings (SSSR count). The summed E-state index contributed by atoms with van der Waals surface area (Å²) in [6.45, 7) is 2.08. The summed E-state index contributed by atoms with van der Waals surface area (Å²) in [6, 6.07) is 5.09. The molecule has 0 saturated heterocycles. The second-order valence-electron chi connectivity index (χ2n) is 2.83. The lowest BCUT2D eigenvalue weighted by atomic mass is 10.3. The second kappa shape index (κ2) is 4.57. The minimum atomic E-state index is -0.469. The number of nitrogens with one attached hydrogen (secondary N) is 1. The molecule has 1 unspecified atom stereocenters. The Kier molecular flexibility index (Phi) is 3.40. The van der Waals surface area contributed by atoms with Gasteiger partial charge in [0.15, 0.2) is 0 Å². The minimum absolute atomic E-state index is 0.161. The smallest absolute Gasteiger partial charge is 0.236 e. The van der Waals surface area contributed by atoms with E-state index in [1.807, 2.05) is 18.2 Å². The summed E-state index contributed by atoms with van der Waals surface area (Å²) < 4.78 is 0. The van der Waals surface area contributed by atoms with Crippen molar-refractivity contribution >= 4 is 5.91 Å². The molecule has 0 radical (unpaired) electrons. The molecule has 70 valence electrons. The lowest BCUT2D eigenvalue weighted by Crippen LogP contribution is -2.37. The Morgan fingerprint density at radius 2 is 2.46 bits per heavy atom. The summed E-state index contributed by atoms with van der Waals surface area (Å²) in [7, 11) is 0. The van der Waals surface area contributed by atoms with E-state index in [4.69, 9.17) is 5.73 Å². The Morgan fingerprint density at radius 3 is 3.00 bits per heavy atom. The SMILES string of the molecule is CC(N)C(=O)NCc1ccccn1. The summed E-state index contributed by atoms with van der Waals surface area (Å²) in [5.41, 5.74) is 6.20. The fourth-order valence-corrected chi connectivity index (χ4v) is 0.841. The number of aromatic nitrogens is 1. The number of pyridine rings is 1. The van der Waals surface area contributed by atoms with Gasteiger partial charge in [-0.05, 0) is 19.1 Å². The highest BCUT2D eigenvalue weighted by Gasteiger charge is 2.05. The molecule has 0 saturated carbocycles. The second-order valence-corrected chi connectivity index (χ2v) is 2.83. The molecule has 1 amide bonds. The van der Waals surface area contributed by atoms with Crippen LogP contribution in [-0.4, -0.2) is 16.9 Å². The maximum absolute atomic E-state index is 11.1. The third kappa shape index (κ3) is 3.21. The van der Waals surface area contributed by atoms with Crippen LogP contribution in [0.1, 0.15) is 12.6 Å². The van der Waals surface area contributed by atoms with E-state index in [0.29, 0.717) is 6.54 Å². The molecule has 13 heavy (non-hydrogen) atoms. The molecular weight excluding hydrogens is 166 g/mol. The molecule has 4 heteroatoms. The van der Waals surface area contributed by atoms with Crippen LogP contribution in [0.4, 0.5) is 0 Å². The van der Waals surface area contributed by atoms with Gasteiger partial charge in [-0.25, -0.2) is 0 Å². The van der Waals surface area contributed by atoms with Gasteiger partial charge in [0.05, 0.1) is 18.3 Å². The summed E-state index contributed by atoms with van der Waals surface area (Å²) in [6.07, 6.45) is 1.69. The quantitative estimate of drug-likeness (QED) is 0.688. The molecule has 0 aromatic carbocycles. The van der Waals surface area contributed by atoms with Crippen molar-refractivity contribution in [3.8, 4) is 0 Å². The molecule has 1 heterocycles. The number of rotatable bonds is 3. The highest BCUT2D eigenvalue weighted by Crippen LogP contribution is 1.91. The molecule has 1 aromatic heterocycles. The average molecular weight is 179 g/mol. The third-order valence-corrected chi connectivity index (χ3v) is 1.58. The van der Waals surface area contributed by atoms with Crippen molar-refractivity contribution in [1.29, 1.82) is 0 Å². The number of nitrogens with two attached hydrogens (primary N) is 1. The van der Waals surface area contributed by atoms with E-state index in [-0.39, 0.29) is 5.91 Å². The van der Waals surface area contributed by atoms with Gasteiger partial charge in [-0.2, -0.15) is 0 Å². The van der Waals surface area contributed by atoms with Gasteiger partial charge in [-0.3, -0.25) is 9.78 Å². The van der Waals surface area contributed by atoms with E-state index in [0.717, 1.165) is 5.69 Å².